The zero-order valence-electron chi connectivity index (χ0n) is 8.18. The van der Waals surface area contributed by atoms with Gasteiger partial charge in [0.2, 0.25) is 0 Å². The molecule has 2 rings (SSSR count). The van der Waals surface area contributed by atoms with Crippen molar-refractivity contribution in [2.45, 2.75) is 0 Å². The van der Waals surface area contributed by atoms with Crippen LogP contribution in [0, 0.1) is 0 Å². The van der Waals surface area contributed by atoms with Crippen molar-refractivity contribution in [1.29, 1.82) is 0 Å². The summed E-state index contributed by atoms with van der Waals surface area (Å²) < 4.78 is 0. The Balaban J connectivity index is 2.94. The summed E-state index contributed by atoms with van der Waals surface area (Å²) in [6.07, 6.45) is 1.32. The molecule has 0 saturated heterocycles. The highest BCUT2D eigenvalue weighted by Gasteiger charge is 2.15. The molecule has 16 heavy (non-hydrogen) atoms. The van der Waals surface area contributed by atoms with Gasteiger partial charge in [-0.3, -0.25) is 0 Å². The van der Waals surface area contributed by atoms with Gasteiger partial charge in [0.15, 0.2) is 11.5 Å². The van der Waals surface area contributed by atoms with Gasteiger partial charge in [0, 0.05) is 16.3 Å². The third-order valence-electron chi connectivity index (χ3n) is 2.40. The van der Waals surface area contributed by atoms with Crippen molar-refractivity contribution in [3.63, 3.8) is 0 Å². The van der Waals surface area contributed by atoms with Crippen LogP contribution in [0.2, 0.25) is 0 Å². The quantitative estimate of drug-likeness (QED) is 0.527. The highest BCUT2D eigenvalue weighted by atomic mass is 35.5. The molecular weight excluding hydrogens is 228 g/mol. The zero-order chi connectivity index (χ0) is 11.7. The average molecular weight is 237 g/mol. The van der Waals surface area contributed by atoms with Crippen molar-refractivity contribution in [1.82, 2.24) is 0 Å². The summed E-state index contributed by atoms with van der Waals surface area (Å²) in [5.41, 5.74) is 1.26. The third-order valence-corrected chi connectivity index (χ3v) is 2.53. The molecule has 0 atom stereocenters. The molecule has 82 valence electrons. The number of fused-ring (bicyclic) bond motifs is 1. The van der Waals surface area contributed by atoms with Gasteiger partial charge >= 0.3 is 0 Å². The van der Waals surface area contributed by atoms with E-state index in [0.717, 1.165) is 5.54 Å². The Labute approximate surface area is 96.8 Å². The van der Waals surface area contributed by atoms with Crippen LogP contribution < -0.4 is 0 Å². The number of hydrogen-bond donors (Lipinski definition) is 3. The second kappa shape index (κ2) is 3.94. The van der Waals surface area contributed by atoms with Crippen LogP contribution in [0.5, 0.6) is 17.2 Å². The van der Waals surface area contributed by atoms with Crippen LogP contribution >= 0.6 is 11.6 Å². The summed E-state index contributed by atoms with van der Waals surface area (Å²) in [7, 11) is 0. The van der Waals surface area contributed by atoms with Gasteiger partial charge in [-0.05, 0) is 6.08 Å². The van der Waals surface area contributed by atoms with Gasteiger partial charge in [-0.25, -0.2) is 0 Å². The van der Waals surface area contributed by atoms with Gasteiger partial charge in [-0.1, -0.05) is 35.9 Å². The largest absolute Gasteiger partial charge is 0.507 e. The molecule has 0 aliphatic heterocycles. The van der Waals surface area contributed by atoms with Crippen molar-refractivity contribution in [2.24, 2.45) is 0 Å². The summed E-state index contributed by atoms with van der Waals surface area (Å²) >= 11 is 5.40. The predicted molar refractivity (Wildman–Crippen MR) is 63.8 cm³/mol. The minimum atomic E-state index is -0.381. The maximum absolute atomic E-state index is 9.90. The molecule has 0 fully saturated rings. The molecule has 3 nitrogen and oxygen atoms in total. The first-order valence-corrected chi connectivity index (χ1v) is 5.02. The minimum absolute atomic E-state index is 0.103. The lowest BCUT2D eigenvalue weighted by atomic mass is 10.0. The van der Waals surface area contributed by atoms with Crippen molar-refractivity contribution < 1.29 is 15.3 Å². The van der Waals surface area contributed by atoms with Gasteiger partial charge < -0.3 is 15.3 Å². The van der Waals surface area contributed by atoms with E-state index in [1.165, 1.54) is 6.08 Å². The molecule has 3 N–H and O–H groups in total. The third kappa shape index (κ3) is 1.46. The van der Waals surface area contributed by atoms with E-state index in [-0.39, 0.29) is 22.8 Å². The van der Waals surface area contributed by atoms with Gasteiger partial charge in [0.25, 0.3) is 0 Å². The van der Waals surface area contributed by atoms with Crippen LogP contribution in [0.3, 0.4) is 0 Å². The van der Waals surface area contributed by atoms with E-state index in [0.29, 0.717) is 10.8 Å². The fourth-order valence-electron chi connectivity index (χ4n) is 1.63. The van der Waals surface area contributed by atoms with Crippen LogP contribution in [-0.2, 0) is 0 Å². The Kier molecular flexibility index (Phi) is 2.62. The zero-order valence-corrected chi connectivity index (χ0v) is 8.94. The molecule has 0 aliphatic carbocycles. The monoisotopic (exact) mass is 236 g/mol. The maximum atomic E-state index is 9.90. The lowest BCUT2D eigenvalue weighted by Gasteiger charge is -2.09. The van der Waals surface area contributed by atoms with E-state index in [9.17, 15) is 15.3 Å². The normalized spacial score (nSPS) is 11.3. The Hall–Kier alpha value is -1.87. The van der Waals surface area contributed by atoms with Crippen LogP contribution in [0.25, 0.3) is 16.8 Å². The number of halogens is 1. The first-order chi connectivity index (χ1) is 7.66. The standard InChI is InChI=1S/C12H9ClO3/c13-6-5-9-10(14)7-3-1-2-4-8(7)11(15)12(9)16/h1-6,14-16H. The van der Waals surface area contributed by atoms with Gasteiger partial charge in [0.05, 0.1) is 5.56 Å². The van der Waals surface area contributed by atoms with Crippen molar-refractivity contribution in [3.05, 3.63) is 35.4 Å². The van der Waals surface area contributed by atoms with Crippen molar-refractivity contribution in [2.75, 3.05) is 0 Å². The maximum Gasteiger partial charge on any atom is 0.169 e. The second-order valence-corrected chi connectivity index (χ2v) is 3.55. The molecule has 0 heterocycles. The molecule has 2 aromatic rings. The summed E-state index contributed by atoms with van der Waals surface area (Å²) in [4.78, 5) is 0. The van der Waals surface area contributed by atoms with E-state index in [1.54, 1.807) is 24.3 Å². The number of benzene rings is 2. The van der Waals surface area contributed by atoms with E-state index in [2.05, 4.69) is 0 Å². The van der Waals surface area contributed by atoms with E-state index in [4.69, 9.17) is 11.6 Å². The SMILES string of the molecule is Oc1c(C=CCl)c(O)c2ccccc2c1O. The minimum Gasteiger partial charge on any atom is -0.507 e. The highest BCUT2D eigenvalue weighted by molar-refractivity contribution is 6.27. The predicted octanol–water partition coefficient (Wildman–Crippen LogP) is 3.17. The van der Waals surface area contributed by atoms with Crippen LogP contribution in [0.15, 0.2) is 29.8 Å². The molecule has 0 radical (unpaired) electrons. The van der Waals surface area contributed by atoms with E-state index < -0.39 is 0 Å². The van der Waals surface area contributed by atoms with Crippen molar-refractivity contribution >= 4 is 28.4 Å². The van der Waals surface area contributed by atoms with Gasteiger partial charge in [-0.2, -0.15) is 0 Å². The van der Waals surface area contributed by atoms with Crippen LogP contribution in [0.4, 0.5) is 0 Å². The molecule has 0 amide bonds. The molecule has 0 saturated carbocycles. The molecule has 0 unspecified atom stereocenters. The van der Waals surface area contributed by atoms with Crippen molar-refractivity contribution in [3.8, 4) is 17.2 Å². The molecule has 4 heteroatoms. The molecule has 0 aromatic heterocycles. The van der Waals surface area contributed by atoms with Gasteiger partial charge in [0.1, 0.15) is 5.75 Å². The highest BCUT2D eigenvalue weighted by Crippen LogP contribution is 2.44. The molecular formula is C12H9ClO3. The fourth-order valence-corrected chi connectivity index (χ4v) is 1.76. The molecule has 2 aromatic carbocycles. The Morgan fingerprint density at radius 2 is 1.44 bits per heavy atom. The summed E-state index contributed by atoms with van der Waals surface area (Å²) in [5.74, 6) is -0.755. The number of phenolic OH excluding ortho intramolecular Hbond substituents is 3. The Bertz CT molecular complexity index is 576. The fraction of sp³-hybridized carbons (Fsp3) is 0. The van der Waals surface area contributed by atoms with E-state index in [1.807, 2.05) is 0 Å². The number of phenols is 3. The summed E-state index contributed by atoms with van der Waals surface area (Å²) in [6.45, 7) is 0. The lowest BCUT2D eigenvalue weighted by Crippen LogP contribution is -1.82. The smallest absolute Gasteiger partial charge is 0.169 e. The number of rotatable bonds is 1. The van der Waals surface area contributed by atoms with Crippen LogP contribution in [0.1, 0.15) is 5.56 Å². The van der Waals surface area contributed by atoms with Crippen LogP contribution in [-0.4, -0.2) is 15.3 Å². The molecule has 0 bridgehead atoms. The molecule has 0 aliphatic rings. The van der Waals surface area contributed by atoms with Gasteiger partial charge in [-0.15, -0.1) is 0 Å². The lowest BCUT2D eigenvalue weighted by molar-refractivity contribution is 0.401. The number of aromatic hydroxyl groups is 3. The molecule has 0 spiro atoms. The first kappa shape index (κ1) is 10.6. The first-order valence-electron chi connectivity index (χ1n) is 4.59. The average Bonchev–Trinajstić information content (AvgIpc) is 2.32. The summed E-state index contributed by atoms with van der Waals surface area (Å²) in [6, 6.07) is 6.69. The summed E-state index contributed by atoms with van der Waals surface area (Å²) in [5, 5.41) is 30.2. The second-order valence-electron chi connectivity index (χ2n) is 3.30. The van der Waals surface area contributed by atoms with E-state index >= 15 is 0 Å². The Morgan fingerprint density at radius 3 is 2.00 bits per heavy atom. The topological polar surface area (TPSA) is 60.7 Å². The number of hydrogen-bond acceptors (Lipinski definition) is 3. The Morgan fingerprint density at radius 1 is 0.875 bits per heavy atom.